The fourth-order valence-electron chi connectivity index (χ4n) is 2.94. The zero-order chi connectivity index (χ0) is 17.0. The predicted molar refractivity (Wildman–Crippen MR) is 81.4 cm³/mol. The third-order valence-electron chi connectivity index (χ3n) is 4.13. The molecule has 0 aliphatic heterocycles. The van der Waals surface area contributed by atoms with Gasteiger partial charge in [-0.15, -0.1) is 0 Å². The number of halogens is 2. The molecule has 1 fully saturated rings. The third kappa shape index (κ3) is 4.31. The van der Waals surface area contributed by atoms with Crippen molar-refractivity contribution in [2.45, 2.75) is 38.5 Å². The van der Waals surface area contributed by atoms with E-state index in [2.05, 4.69) is 4.74 Å². The minimum Gasteiger partial charge on any atom is -0.493 e. The fourth-order valence-corrected chi connectivity index (χ4v) is 2.94. The second-order valence-corrected chi connectivity index (χ2v) is 5.76. The van der Waals surface area contributed by atoms with Gasteiger partial charge in [-0.2, -0.15) is 8.78 Å². The van der Waals surface area contributed by atoms with Crippen LogP contribution in [0.3, 0.4) is 0 Å². The van der Waals surface area contributed by atoms with Crippen LogP contribution in [0.4, 0.5) is 8.78 Å². The van der Waals surface area contributed by atoms with Crippen LogP contribution in [-0.2, 0) is 11.3 Å². The molecule has 2 rings (SSSR count). The van der Waals surface area contributed by atoms with Gasteiger partial charge in [-0.05, 0) is 30.5 Å². The number of alkyl halides is 2. The second kappa shape index (κ2) is 7.59. The number of benzene rings is 1. The van der Waals surface area contributed by atoms with Crippen LogP contribution in [0.25, 0.3) is 0 Å². The molecular formula is C16H22F2N2O3. The van der Waals surface area contributed by atoms with Gasteiger partial charge in [-0.25, -0.2) is 0 Å². The average Bonchev–Trinajstić information content (AvgIpc) is 2.92. The molecule has 23 heavy (non-hydrogen) atoms. The smallest absolute Gasteiger partial charge is 0.387 e. The van der Waals surface area contributed by atoms with Crippen molar-refractivity contribution in [2.24, 2.45) is 11.7 Å². The Morgan fingerprint density at radius 3 is 2.70 bits per heavy atom. The van der Waals surface area contributed by atoms with Crippen molar-refractivity contribution in [1.82, 2.24) is 4.90 Å². The maximum Gasteiger partial charge on any atom is 0.387 e. The van der Waals surface area contributed by atoms with E-state index >= 15 is 0 Å². The summed E-state index contributed by atoms with van der Waals surface area (Å²) in [5, 5.41) is 0. The van der Waals surface area contributed by atoms with Crippen LogP contribution in [0.2, 0.25) is 0 Å². The quantitative estimate of drug-likeness (QED) is 0.871. The molecule has 1 aliphatic carbocycles. The monoisotopic (exact) mass is 328 g/mol. The lowest BCUT2D eigenvalue weighted by Gasteiger charge is -2.24. The van der Waals surface area contributed by atoms with Crippen LogP contribution in [0, 0.1) is 5.92 Å². The molecule has 128 valence electrons. The minimum atomic E-state index is -2.94. The molecule has 1 aromatic rings. The Kier molecular flexibility index (Phi) is 5.76. The minimum absolute atomic E-state index is 0.0119. The zero-order valence-corrected chi connectivity index (χ0v) is 13.3. The summed E-state index contributed by atoms with van der Waals surface area (Å²) in [6, 6.07) is 4.63. The van der Waals surface area contributed by atoms with Gasteiger partial charge in [-0.1, -0.05) is 12.5 Å². The maximum absolute atomic E-state index is 12.5. The summed E-state index contributed by atoms with van der Waals surface area (Å²) in [5.41, 5.74) is 6.64. The van der Waals surface area contributed by atoms with E-state index in [1.165, 1.54) is 13.2 Å². The number of carbonyl (C=O) groups is 1. The number of nitrogens with two attached hydrogens (primary N) is 1. The van der Waals surface area contributed by atoms with Gasteiger partial charge in [0.15, 0.2) is 11.5 Å². The summed E-state index contributed by atoms with van der Waals surface area (Å²) in [5.74, 6) is 0.0106. The van der Waals surface area contributed by atoms with Crippen molar-refractivity contribution in [2.75, 3.05) is 14.2 Å². The number of rotatable bonds is 6. The van der Waals surface area contributed by atoms with Gasteiger partial charge in [0.05, 0.1) is 13.0 Å². The highest BCUT2D eigenvalue weighted by atomic mass is 19.3. The van der Waals surface area contributed by atoms with E-state index in [1.54, 1.807) is 24.1 Å². The Hall–Kier alpha value is -1.89. The van der Waals surface area contributed by atoms with E-state index in [9.17, 15) is 13.6 Å². The predicted octanol–water partition coefficient (Wildman–Crippen LogP) is 2.38. The first-order valence-corrected chi connectivity index (χ1v) is 7.54. The molecule has 2 unspecified atom stereocenters. The summed E-state index contributed by atoms with van der Waals surface area (Å²) in [7, 11) is 3.07. The van der Waals surface area contributed by atoms with Gasteiger partial charge < -0.3 is 20.1 Å². The van der Waals surface area contributed by atoms with Gasteiger partial charge in [0.2, 0.25) is 5.91 Å². The Morgan fingerprint density at radius 2 is 2.13 bits per heavy atom. The molecule has 1 amide bonds. The molecule has 1 aliphatic rings. The van der Waals surface area contributed by atoms with Gasteiger partial charge in [0.25, 0.3) is 0 Å². The molecule has 7 heteroatoms. The van der Waals surface area contributed by atoms with E-state index < -0.39 is 6.61 Å². The Balaban J connectivity index is 2.08. The molecule has 1 saturated carbocycles. The van der Waals surface area contributed by atoms with E-state index in [0.29, 0.717) is 12.1 Å². The third-order valence-corrected chi connectivity index (χ3v) is 4.13. The number of ether oxygens (including phenoxy) is 2. The van der Waals surface area contributed by atoms with E-state index in [0.717, 1.165) is 19.3 Å². The number of amides is 1. The normalized spacial score (nSPS) is 20.6. The Morgan fingerprint density at radius 1 is 1.39 bits per heavy atom. The molecule has 0 saturated heterocycles. The van der Waals surface area contributed by atoms with E-state index in [-0.39, 0.29) is 29.4 Å². The van der Waals surface area contributed by atoms with Crippen molar-refractivity contribution in [3.05, 3.63) is 23.8 Å². The van der Waals surface area contributed by atoms with Crippen molar-refractivity contribution >= 4 is 5.91 Å². The molecule has 0 aromatic heterocycles. The molecular weight excluding hydrogens is 306 g/mol. The Labute approximate surface area is 134 Å². The molecule has 1 aromatic carbocycles. The number of carbonyl (C=O) groups excluding carboxylic acids is 1. The van der Waals surface area contributed by atoms with Crippen LogP contribution >= 0.6 is 0 Å². The first-order valence-electron chi connectivity index (χ1n) is 7.54. The van der Waals surface area contributed by atoms with Gasteiger partial charge in [0, 0.05) is 19.6 Å². The molecule has 5 nitrogen and oxygen atoms in total. The number of hydrogen-bond donors (Lipinski definition) is 1. The lowest BCUT2D eigenvalue weighted by atomic mass is 10.0. The van der Waals surface area contributed by atoms with Crippen molar-refractivity contribution < 1.29 is 23.0 Å². The van der Waals surface area contributed by atoms with Crippen LogP contribution in [-0.4, -0.2) is 37.6 Å². The van der Waals surface area contributed by atoms with Gasteiger partial charge in [-0.3, -0.25) is 4.79 Å². The van der Waals surface area contributed by atoms with Gasteiger partial charge >= 0.3 is 6.61 Å². The Bertz CT molecular complexity index is 554. The average molecular weight is 328 g/mol. The molecule has 0 radical (unpaired) electrons. The summed E-state index contributed by atoms with van der Waals surface area (Å²) in [6.45, 7) is -2.64. The van der Waals surface area contributed by atoms with Gasteiger partial charge in [0.1, 0.15) is 0 Å². The number of nitrogens with zero attached hydrogens (tertiary/aromatic N) is 1. The molecule has 0 bridgehead atoms. The van der Waals surface area contributed by atoms with Crippen LogP contribution in [0.15, 0.2) is 18.2 Å². The number of methoxy groups -OCH3 is 1. The molecule has 2 atom stereocenters. The van der Waals surface area contributed by atoms with Crippen LogP contribution in [0.5, 0.6) is 11.5 Å². The lowest BCUT2D eigenvalue weighted by molar-refractivity contribution is -0.134. The topological polar surface area (TPSA) is 64.8 Å². The largest absolute Gasteiger partial charge is 0.493 e. The van der Waals surface area contributed by atoms with Crippen molar-refractivity contribution in [3.8, 4) is 11.5 Å². The lowest BCUT2D eigenvalue weighted by Crippen LogP contribution is -2.39. The molecule has 2 N–H and O–H groups in total. The maximum atomic E-state index is 12.5. The van der Waals surface area contributed by atoms with E-state index in [1.807, 2.05) is 0 Å². The van der Waals surface area contributed by atoms with Crippen LogP contribution < -0.4 is 15.2 Å². The fraction of sp³-hybridized carbons (Fsp3) is 0.562. The SMILES string of the molecule is COc1ccc(CN(C)C(=O)C2CCCC2N)cc1OC(F)F. The highest BCUT2D eigenvalue weighted by Crippen LogP contribution is 2.30. The summed E-state index contributed by atoms with van der Waals surface area (Å²) in [6.07, 6.45) is 2.62. The second-order valence-electron chi connectivity index (χ2n) is 5.76. The highest BCUT2D eigenvalue weighted by Gasteiger charge is 2.32. The van der Waals surface area contributed by atoms with Crippen LogP contribution in [0.1, 0.15) is 24.8 Å². The summed E-state index contributed by atoms with van der Waals surface area (Å²) >= 11 is 0. The van der Waals surface area contributed by atoms with E-state index in [4.69, 9.17) is 10.5 Å². The zero-order valence-electron chi connectivity index (χ0n) is 13.3. The first-order chi connectivity index (χ1) is 10.9. The highest BCUT2D eigenvalue weighted by molar-refractivity contribution is 5.79. The summed E-state index contributed by atoms with van der Waals surface area (Å²) in [4.78, 5) is 14.0. The molecule has 0 spiro atoms. The first kappa shape index (κ1) is 17.5. The summed E-state index contributed by atoms with van der Waals surface area (Å²) < 4.78 is 34.3. The number of hydrogen-bond acceptors (Lipinski definition) is 4. The van der Waals surface area contributed by atoms with Crippen molar-refractivity contribution in [3.63, 3.8) is 0 Å². The van der Waals surface area contributed by atoms with Crippen molar-refractivity contribution in [1.29, 1.82) is 0 Å². The molecule has 0 heterocycles. The standard InChI is InChI=1S/C16H22F2N2O3/c1-20(15(21)11-4-3-5-12(11)19)9-10-6-7-13(22-2)14(8-10)23-16(17)18/h6-8,11-12,16H,3-5,9,19H2,1-2H3.